The van der Waals surface area contributed by atoms with E-state index in [1.54, 1.807) is 0 Å². The molecule has 0 radical (unpaired) electrons. The Kier molecular flexibility index (Phi) is 3.78. The SMILES string of the molecule is O=C(O)C1(CN2CCn3ccnc3C2)CCCCCC1. The second kappa shape index (κ2) is 5.56. The Morgan fingerprint density at radius 2 is 2.00 bits per heavy atom. The van der Waals surface area contributed by atoms with Crippen LogP contribution in [0.4, 0.5) is 0 Å². The van der Waals surface area contributed by atoms with Crippen LogP contribution in [0.3, 0.4) is 0 Å². The lowest BCUT2D eigenvalue weighted by Gasteiger charge is -2.36. The van der Waals surface area contributed by atoms with Crippen molar-refractivity contribution < 1.29 is 9.90 Å². The van der Waals surface area contributed by atoms with Gasteiger partial charge >= 0.3 is 5.97 Å². The number of carboxylic acids is 1. The summed E-state index contributed by atoms with van der Waals surface area (Å²) in [5.41, 5.74) is -0.536. The van der Waals surface area contributed by atoms with Crippen LogP contribution in [0.15, 0.2) is 12.4 Å². The van der Waals surface area contributed by atoms with Gasteiger partial charge in [0.25, 0.3) is 0 Å². The van der Waals surface area contributed by atoms with Crippen molar-refractivity contribution in [1.29, 1.82) is 0 Å². The third-order valence-corrected chi connectivity index (χ3v) is 4.86. The van der Waals surface area contributed by atoms with Crippen molar-refractivity contribution in [3.63, 3.8) is 0 Å². The van der Waals surface area contributed by atoms with E-state index >= 15 is 0 Å². The van der Waals surface area contributed by atoms with Crippen LogP contribution in [0.2, 0.25) is 0 Å². The number of carbonyl (C=O) groups is 1. The van der Waals surface area contributed by atoms with Crippen LogP contribution >= 0.6 is 0 Å². The first-order chi connectivity index (χ1) is 9.70. The van der Waals surface area contributed by atoms with E-state index in [4.69, 9.17) is 0 Å². The van der Waals surface area contributed by atoms with E-state index in [1.165, 1.54) is 12.8 Å². The number of aliphatic carboxylic acids is 1. The summed E-state index contributed by atoms with van der Waals surface area (Å²) in [4.78, 5) is 18.5. The molecule has 0 unspecified atom stereocenters. The number of carboxylic acid groups (broad SMARTS) is 1. The Hall–Kier alpha value is -1.36. The summed E-state index contributed by atoms with van der Waals surface area (Å²) in [7, 11) is 0. The van der Waals surface area contributed by atoms with Gasteiger partial charge in [-0.25, -0.2) is 4.98 Å². The van der Waals surface area contributed by atoms with E-state index in [0.717, 1.165) is 51.1 Å². The highest BCUT2D eigenvalue weighted by atomic mass is 16.4. The minimum atomic E-state index is -0.603. The Labute approximate surface area is 119 Å². The van der Waals surface area contributed by atoms with Crippen LogP contribution in [-0.4, -0.2) is 38.6 Å². The molecular weight excluding hydrogens is 254 g/mol. The molecule has 1 N–H and O–H groups in total. The Balaban J connectivity index is 1.72. The molecule has 5 nitrogen and oxygen atoms in total. The normalized spacial score (nSPS) is 23.0. The fourth-order valence-electron chi connectivity index (χ4n) is 3.63. The molecule has 2 aliphatic rings. The van der Waals surface area contributed by atoms with E-state index in [9.17, 15) is 9.90 Å². The van der Waals surface area contributed by atoms with Crippen molar-refractivity contribution in [3.05, 3.63) is 18.2 Å². The number of aromatic nitrogens is 2. The molecule has 5 heteroatoms. The zero-order chi connectivity index (χ0) is 14.0. The van der Waals surface area contributed by atoms with Gasteiger partial charge in [0.15, 0.2) is 0 Å². The lowest BCUT2D eigenvalue weighted by atomic mass is 9.79. The van der Waals surface area contributed by atoms with Gasteiger partial charge in [0, 0.05) is 32.0 Å². The highest BCUT2D eigenvalue weighted by Gasteiger charge is 2.40. The molecule has 0 saturated heterocycles. The fourth-order valence-corrected chi connectivity index (χ4v) is 3.63. The molecule has 1 aliphatic carbocycles. The molecule has 1 aromatic heterocycles. The largest absolute Gasteiger partial charge is 0.481 e. The van der Waals surface area contributed by atoms with Crippen molar-refractivity contribution in [2.45, 2.75) is 51.6 Å². The predicted molar refractivity (Wildman–Crippen MR) is 75.3 cm³/mol. The second-order valence-electron chi connectivity index (χ2n) is 6.25. The summed E-state index contributed by atoms with van der Waals surface area (Å²) in [6.07, 6.45) is 9.95. The van der Waals surface area contributed by atoms with Crippen molar-refractivity contribution in [2.75, 3.05) is 13.1 Å². The number of hydrogen-bond donors (Lipinski definition) is 1. The van der Waals surface area contributed by atoms with E-state index < -0.39 is 11.4 Å². The molecular formula is C15H23N3O2. The third-order valence-electron chi connectivity index (χ3n) is 4.86. The average Bonchev–Trinajstić information content (AvgIpc) is 2.76. The molecule has 1 saturated carbocycles. The average molecular weight is 277 g/mol. The molecule has 2 heterocycles. The monoisotopic (exact) mass is 277 g/mol. The summed E-state index contributed by atoms with van der Waals surface area (Å²) in [5, 5.41) is 9.75. The topological polar surface area (TPSA) is 58.4 Å². The quantitative estimate of drug-likeness (QED) is 0.860. The van der Waals surface area contributed by atoms with Gasteiger partial charge in [0.05, 0.1) is 12.0 Å². The van der Waals surface area contributed by atoms with Gasteiger partial charge in [-0.3, -0.25) is 9.69 Å². The third kappa shape index (κ3) is 2.59. The van der Waals surface area contributed by atoms with Gasteiger partial charge in [0.1, 0.15) is 5.82 Å². The lowest BCUT2D eigenvalue weighted by Crippen LogP contribution is -2.45. The zero-order valence-corrected chi connectivity index (χ0v) is 11.9. The fraction of sp³-hybridized carbons (Fsp3) is 0.733. The van der Waals surface area contributed by atoms with Gasteiger partial charge in [-0.05, 0) is 12.8 Å². The van der Waals surface area contributed by atoms with Gasteiger partial charge in [-0.15, -0.1) is 0 Å². The standard InChI is InChI=1S/C15H23N3O2/c19-14(20)15(5-3-1-2-4-6-15)12-17-9-10-18-8-7-16-13(18)11-17/h7-8H,1-6,9-12H2,(H,19,20). The van der Waals surface area contributed by atoms with Crippen molar-refractivity contribution >= 4 is 5.97 Å². The molecule has 0 amide bonds. The van der Waals surface area contributed by atoms with E-state index in [0.29, 0.717) is 6.54 Å². The summed E-state index contributed by atoms with van der Waals surface area (Å²) < 4.78 is 2.16. The number of fused-ring (bicyclic) bond motifs is 1. The smallest absolute Gasteiger partial charge is 0.310 e. The van der Waals surface area contributed by atoms with Crippen LogP contribution in [0.5, 0.6) is 0 Å². The lowest BCUT2D eigenvalue weighted by molar-refractivity contribution is -0.151. The molecule has 20 heavy (non-hydrogen) atoms. The maximum Gasteiger partial charge on any atom is 0.310 e. The van der Waals surface area contributed by atoms with Crippen molar-refractivity contribution in [3.8, 4) is 0 Å². The Bertz CT molecular complexity index is 475. The molecule has 1 aliphatic heterocycles. The molecule has 1 fully saturated rings. The summed E-state index contributed by atoms with van der Waals surface area (Å²) in [6.45, 7) is 3.31. The van der Waals surface area contributed by atoms with Crippen LogP contribution in [0.25, 0.3) is 0 Å². The maximum atomic E-state index is 11.9. The van der Waals surface area contributed by atoms with Crippen LogP contribution in [0.1, 0.15) is 44.3 Å². The van der Waals surface area contributed by atoms with E-state index in [1.807, 2.05) is 12.4 Å². The molecule has 3 rings (SSSR count). The summed E-state index contributed by atoms with van der Waals surface area (Å²) in [5.74, 6) is 0.457. The number of hydrogen-bond acceptors (Lipinski definition) is 3. The molecule has 0 spiro atoms. The number of imidazole rings is 1. The highest BCUT2D eigenvalue weighted by Crippen LogP contribution is 2.36. The van der Waals surface area contributed by atoms with Gasteiger partial charge in [-0.2, -0.15) is 0 Å². The van der Waals surface area contributed by atoms with Gasteiger partial charge in [0.2, 0.25) is 0 Å². The Morgan fingerprint density at radius 1 is 1.25 bits per heavy atom. The minimum absolute atomic E-state index is 0.536. The first kappa shape index (κ1) is 13.6. The highest BCUT2D eigenvalue weighted by molar-refractivity contribution is 5.75. The van der Waals surface area contributed by atoms with Crippen LogP contribution in [-0.2, 0) is 17.9 Å². The van der Waals surface area contributed by atoms with Gasteiger partial charge in [-0.1, -0.05) is 25.7 Å². The van der Waals surface area contributed by atoms with Crippen molar-refractivity contribution in [1.82, 2.24) is 14.5 Å². The number of nitrogens with zero attached hydrogens (tertiary/aromatic N) is 3. The van der Waals surface area contributed by atoms with Crippen LogP contribution in [0, 0.1) is 5.41 Å². The summed E-state index contributed by atoms with van der Waals surface area (Å²) in [6, 6.07) is 0. The first-order valence-electron chi connectivity index (χ1n) is 7.65. The molecule has 110 valence electrons. The van der Waals surface area contributed by atoms with E-state index in [-0.39, 0.29) is 0 Å². The Morgan fingerprint density at radius 3 is 2.70 bits per heavy atom. The molecule has 0 atom stereocenters. The number of rotatable bonds is 3. The predicted octanol–water partition coefficient (Wildman–Crippen LogP) is 2.12. The minimum Gasteiger partial charge on any atom is -0.481 e. The van der Waals surface area contributed by atoms with E-state index in [2.05, 4.69) is 14.5 Å². The molecule has 0 bridgehead atoms. The molecule has 1 aromatic rings. The second-order valence-corrected chi connectivity index (χ2v) is 6.25. The molecule has 0 aromatic carbocycles. The van der Waals surface area contributed by atoms with Crippen LogP contribution < -0.4 is 0 Å². The van der Waals surface area contributed by atoms with Crippen molar-refractivity contribution in [2.24, 2.45) is 5.41 Å². The first-order valence-corrected chi connectivity index (χ1v) is 7.65. The maximum absolute atomic E-state index is 11.9. The zero-order valence-electron chi connectivity index (χ0n) is 11.9. The van der Waals surface area contributed by atoms with Gasteiger partial charge < -0.3 is 9.67 Å². The summed E-state index contributed by atoms with van der Waals surface area (Å²) >= 11 is 0.